The number of rotatable bonds is 5. The van der Waals surface area contributed by atoms with Crippen LogP contribution in [0.4, 0.5) is 0 Å². The summed E-state index contributed by atoms with van der Waals surface area (Å²) in [6.07, 6.45) is 0.969. The van der Waals surface area contributed by atoms with Gasteiger partial charge in [0, 0.05) is 16.3 Å². The van der Waals surface area contributed by atoms with Gasteiger partial charge in [-0.3, -0.25) is 5.10 Å². The third-order valence-corrected chi connectivity index (χ3v) is 5.28. The number of aromatic amines is 1. The van der Waals surface area contributed by atoms with Gasteiger partial charge in [-0.15, -0.1) is 11.3 Å². The van der Waals surface area contributed by atoms with E-state index in [0.29, 0.717) is 0 Å². The van der Waals surface area contributed by atoms with Crippen LogP contribution in [0, 0.1) is 13.8 Å². The van der Waals surface area contributed by atoms with Crippen molar-refractivity contribution in [1.82, 2.24) is 14.9 Å². The molecule has 7 nitrogen and oxygen atoms in total. The highest BCUT2D eigenvalue weighted by atomic mass is 32.2. The molecule has 0 spiro atoms. The van der Waals surface area contributed by atoms with Crippen molar-refractivity contribution in [3.8, 4) is 0 Å². The zero-order valence-electron chi connectivity index (χ0n) is 10.8. The Morgan fingerprint density at radius 3 is 2.75 bits per heavy atom. The molecule has 108 valence electrons. The molecular formula is C11H13N3O4S2. The molecule has 0 aliphatic rings. The zero-order valence-corrected chi connectivity index (χ0v) is 12.4. The van der Waals surface area contributed by atoms with Crippen LogP contribution in [0.15, 0.2) is 17.3 Å². The maximum absolute atomic E-state index is 12.0. The van der Waals surface area contributed by atoms with Gasteiger partial charge >= 0.3 is 5.97 Å². The van der Waals surface area contributed by atoms with Crippen molar-refractivity contribution in [3.63, 3.8) is 0 Å². The van der Waals surface area contributed by atoms with Crippen LogP contribution in [0.3, 0.4) is 0 Å². The summed E-state index contributed by atoms with van der Waals surface area (Å²) >= 11 is 1.49. The molecule has 0 bridgehead atoms. The second-order valence-corrected chi connectivity index (χ2v) is 7.24. The predicted octanol–water partition coefficient (Wildman–Crippen LogP) is 1.26. The Hall–Kier alpha value is -1.71. The van der Waals surface area contributed by atoms with Gasteiger partial charge in [-0.25, -0.2) is 17.9 Å². The van der Waals surface area contributed by atoms with Gasteiger partial charge < -0.3 is 5.11 Å². The summed E-state index contributed by atoms with van der Waals surface area (Å²) in [4.78, 5) is 12.9. The molecule has 0 saturated carbocycles. The van der Waals surface area contributed by atoms with Crippen molar-refractivity contribution in [2.75, 3.05) is 0 Å². The molecule has 2 aromatic rings. The van der Waals surface area contributed by atoms with Gasteiger partial charge in [-0.1, -0.05) is 0 Å². The van der Waals surface area contributed by atoms with Crippen molar-refractivity contribution in [2.45, 2.75) is 25.4 Å². The minimum atomic E-state index is -3.94. The van der Waals surface area contributed by atoms with Crippen LogP contribution in [0.2, 0.25) is 0 Å². The van der Waals surface area contributed by atoms with Crippen LogP contribution in [0.5, 0.6) is 0 Å². The van der Waals surface area contributed by atoms with Gasteiger partial charge in [0.1, 0.15) is 5.56 Å². The minimum Gasteiger partial charge on any atom is -0.478 e. The number of aryl methyl sites for hydroxylation is 2. The molecule has 3 N–H and O–H groups in total. The van der Waals surface area contributed by atoms with Crippen molar-refractivity contribution in [1.29, 1.82) is 0 Å². The summed E-state index contributed by atoms with van der Waals surface area (Å²) in [5.74, 6) is -1.35. The van der Waals surface area contributed by atoms with E-state index in [9.17, 15) is 13.2 Å². The molecule has 0 unspecified atom stereocenters. The average molecular weight is 315 g/mol. The lowest BCUT2D eigenvalue weighted by Crippen LogP contribution is -2.24. The van der Waals surface area contributed by atoms with Crippen LogP contribution in [-0.4, -0.2) is 29.7 Å². The van der Waals surface area contributed by atoms with E-state index in [1.165, 1.54) is 11.3 Å². The standard InChI is InChI=1S/C11H13N3O4S2/c1-6-3-8(19-7(6)2)4-13-20(17,18)10-9(11(15)16)5-12-14-10/h3,5,13H,4H2,1-2H3,(H,12,14)(H,15,16). The Morgan fingerprint density at radius 2 is 2.20 bits per heavy atom. The number of aromatic nitrogens is 2. The Balaban J connectivity index is 2.19. The number of sulfonamides is 1. The van der Waals surface area contributed by atoms with E-state index >= 15 is 0 Å². The number of hydrogen-bond acceptors (Lipinski definition) is 5. The summed E-state index contributed by atoms with van der Waals surface area (Å²) in [5.41, 5.74) is 0.716. The normalized spacial score (nSPS) is 11.7. The summed E-state index contributed by atoms with van der Waals surface area (Å²) in [6.45, 7) is 4.01. The molecule has 20 heavy (non-hydrogen) atoms. The summed E-state index contributed by atoms with van der Waals surface area (Å²) in [5, 5.41) is 14.1. The lowest BCUT2D eigenvalue weighted by molar-refractivity contribution is 0.0692. The smallest absolute Gasteiger partial charge is 0.340 e. The first-order valence-corrected chi connectivity index (χ1v) is 7.93. The monoisotopic (exact) mass is 315 g/mol. The van der Waals surface area contributed by atoms with Crippen LogP contribution in [0.25, 0.3) is 0 Å². The van der Waals surface area contributed by atoms with Crippen molar-refractivity contribution in [3.05, 3.63) is 33.1 Å². The lowest BCUT2D eigenvalue weighted by Gasteiger charge is -2.04. The van der Waals surface area contributed by atoms with Crippen molar-refractivity contribution < 1.29 is 18.3 Å². The zero-order chi connectivity index (χ0) is 14.9. The van der Waals surface area contributed by atoms with E-state index in [2.05, 4.69) is 14.9 Å². The van der Waals surface area contributed by atoms with Gasteiger partial charge in [0.05, 0.1) is 6.20 Å². The van der Waals surface area contributed by atoms with Crippen molar-refractivity contribution in [2.24, 2.45) is 0 Å². The quantitative estimate of drug-likeness (QED) is 0.769. The fourth-order valence-corrected chi connectivity index (χ4v) is 3.78. The molecule has 2 rings (SSSR count). The largest absolute Gasteiger partial charge is 0.478 e. The fraction of sp³-hybridized carbons (Fsp3) is 0.273. The van der Waals surface area contributed by atoms with E-state index < -0.39 is 21.0 Å². The summed E-state index contributed by atoms with van der Waals surface area (Å²) < 4.78 is 26.4. The average Bonchev–Trinajstić information content (AvgIpc) is 2.95. The van der Waals surface area contributed by atoms with Crippen LogP contribution >= 0.6 is 11.3 Å². The molecule has 0 fully saturated rings. The predicted molar refractivity (Wildman–Crippen MR) is 73.4 cm³/mol. The number of aromatic carboxylic acids is 1. The van der Waals surface area contributed by atoms with Gasteiger partial charge in [0.2, 0.25) is 0 Å². The highest BCUT2D eigenvalue weighted by molar-refractivity contribution is 7.89. The molecule has 9 heteroatoms. The topological polar surface area (TPSA) is 112 Å². The highest BCUT2D eigenvalue weighted by Gasteiger charge is 2.24. The molecule has 0 amide bonds. The van der Waals surface area contributed by atoms with Gasteiger partial charge in [-0.05, 0) is 25.5 Å². The number of nitrogens with one attached hydrogen (secondary N) is 2. The fourth-order valence-electron chi connectivity index (χ4n) is 1.61. The Morgan fingerprint density at radius 1 is 1.50 bits per heavy atom. The highest BCUT2D eigenvalue weighted by Crippen LogP contribution is 2.21. The number of carbonyl (C=O) groups is 1. The number of H-pyrrole nitrogens is 1. The van der Waals surface area contributed by atoms with Gasteiger partial charge in [-0.2, -0.15) is 5.10 Å². The molecule has 0 aliphatic carbocycles. The van der Waals surface area contributed by atoms with E-state index in [1.54, 1.807) is 0 Å². The minimum absolute atomic E-state index is 0.111. The maximum atomic E-state index is 12.0. The number of nitrogens with zero attached hydrogens (tertiary/aromatic N) is 1. The SMILES string of the molecule is Cc1cc(CNS(=O)(=O)c2[nH]ncc2C(=O)O)sc1C. The third-order valence-electron chi connectivity index (χ3n) is 2.76. The molecule has 0 aromatic carbocycles. The summed E-state index contributed by atoms with van der Waals surface area (Å²) in [7, 11) is -3.94. The van der Waals surface area contributed by atoms with Crippen LogP contribution in [-0.2, 0) is 16.6 Å². The molecular weight excluding hydrogens is 302 g/mol. The first kappa shape index (κ1) is 14.7. The first-order chi connectivity index (χ1) is 9.31. The van der Waals surface area contributed by atoms with E-state index in [-0.39, 0.29) is 12.1 Å². The molecule has 0 atom stereocenters. The van der Waals surface area contributed by atoms with Crippen molar-refractivity contribution >= 4 is 27.3 Å². The number of thiophene rings is 1. The Labute approximate surface area is 119 Å². The summed E-state index contributed by atoms with van der Waals surface area (Å²) in [6, 6.07) is 1.90. The first-order valence-electron chi connectivity index (χ1n) is 5.63. The molecule has 0 radical (unpaired) electrons. The number of carboxylic acid groups (broad SMARTS) is 1. The Kier molecular flexibility index (Phi) is 3.93. The molecule has 0 saturated heterocycles. The van der Waals surface area contributed by atoms with Crippen LogP contribution < -0.4 is 4.72 Å². The van der Waals surface area contributed by atoms with Gasteiger partial charge in [0.15, 0.2) is 5.03 Å². The molecule has 2 heterocycles. The second kappa shape index (κ2) is 5.35. The maximum Gasteiger partial charge on any atom is 0.340 e. The lowest BCUT2D eigenvalue weighted by atomic mass is 10.3. The Bertz CT molecular complexity index is 726. The second-order valence-electron chi connectivity index (χ2n) is 4.19. The van der Waals surface area contributed by atoms with Gasteiger partial charge in [0.25, 0.3) is 10.0 Å². The molecule has 0 aliphatic heterocycles. The van der Waals surface area contributed by atoms with Crippen LogP contribution in [0.1, 0.15) is 25.7 Å². The number of hydrogen-bond donors (Lipinski definition) is 3. The van der Waals surface area contributed by atoms with E-state index in [0.717, 1.165) is 21.5 Å². The third kappa shape index (κ3) is 2.89. The molecule has 2 aromatic heterocycles. The van der Waals surface area contributed by atoms with E-state index in [4.69, 9.17) is 5.11 Å². The van der Waals surface area contributed by atoms with E-state index in [1.807, 2.05) is 19.9 Å². The number of carboxylic acids is 1.